The number of hydrogen-bond donors (Lipinski definition) is 0. The molecule has 5 nitrogen and oxygen atoms in total. The molecule has 0 fully saturated rings. The summed E-state index contributed by atoms with van der Waals surface area (Å²) < 4.78 is 29.0. The van der Waals surface area contributed by atoms with Gasteiger partial charge in [-0.1, -0.05) is 72.8 Å². The zero-order chi connectivity index (χ0) is 24.7. The predicted octanol–water partition coefficient (Wildman–Crippen LogP) is 5.66. The summed E-state index contributed by atoms with van der Waals surface area (Å²) in [6, 6.07) is 33.9. The Labute approximate surface area is 206 Å². The molecule has 35 heavy (non-hydrogen) atoms. The molecule has 0 atom stereocenters. The summed E-state index contributed by atoms with van der Waals surface area (Å²) in [4.78, 5) is 15.2. The Balaban J connectivity index is 1.50. The summed E-state index contributed by atoms with van der Waals surface area (Å²) in [5.74, 6) is 0.547. The van der Waals surface area contributed by atoms with Gasteiger partial charge in [0.1, 0.15) is 12.4 Å². The minimum Gasteiger partial charge on any atom is -0.489 e. The average molecular weight is 486 g/mol. The van der Waals surface area contributed by atoms with E-state index in [0.29, 0.717) is 24.3 Å². The van der Waals surface area contributed by atoms with Gasteiger partial charge in [0, 0.05) is 17.5 Å². The van der Waals surface area contributed by atoms with Crippen LogP contribution in [0.4, 0.5) is 5.69 Å². The van der Waals surface area contributed by atoms with Gasteiger partial charge < -0.3 is 9.64 Å². The first kappa shape index (κ1) is 24.2. The number of nitrogens with zero attached hydrogens (tertiary/aromatic N) is 1. The van der Waals surface area contributed by atoms with Crippen LogP contribution in [-0.4, -0.2) is 20.6 Å². The van der Waals surface area contributed by atoms with Gasteiger partial charge in [-0.15, -0.1) is 0 Å². The van der Waals surface area contributed by atoms with Gasteiger partial charge in [-0.25, -0.2) is 8.42 Å². The fourth-order valence-electron chi connectivity index (χ4n) is 3.70. The number of sulfone groups is 1. The molecular weight excluding hydrogens is 458 g/mol. The molecule has 1 amide bonds. The molecule has 0 bridgehead atoms. The first-order valence-electron chi connectivity index (χ1n) is 11.3. The Bertz CT molecular complexity index is 1350. The molecule has 4 aromatic carbocycles. The van der Waals surface area contributed by atoms with Gasteiger partial charge in [-0.05, 0) is 53.1 Å². The molecule has 0 N–H and O–H groups in total. The maximum atomic E-state index is 13.5. The molecule has 0 aliphatic rings. The van der Waals surface area contributed by atoms with E-state index in [-0.39, 0.29) is 11.7 Å². The third kappa shape index (κ3) is 7.04. The van der Waals surface area contributed by atoms with Crippen molar-refractivity contribution in [2.45, 2.75) is 18.9 Å². The lowest BCUT2D eigenvalue weighted by atomic mass is 10.1. The van der Waals surface area contributed by atoms with Crippen molar-refractivity contribution in [3.63, 3.8) is 0 Å². The largest absolute Gasteiger partial charge is 0.489 e. The fraction of sp³-hybridized carbons (Fsp3) is 0.138. The zero-order valence-electron chi connectivity index (χ0n) is 19.5. The molecule has 0 aliphatic heterocycles. The van der Waals surface area contributed by atoms with Crippen molar-refractivity contribution in [2.75, 3.05) is 11.2 Å². The van der Waals surface area contributed by atoms with Crippen molar-refractivity contribution in [3.8, 4) is 5.75 Å². The fourth-order valence-corrected chi connectivity index (χ4v) is 4.50. The highest BCUT2D eigenvalue weighted by molar-refractivity contribution is 7.89. The van der Waals surface area contributed by atoms with Crippen LogP contribution in [0.3, 0.4) is 0 Å². The number of carbonyl (C=O) groups excluding carboxylic acids is 1. The second-order valence-electron chi connectivity index (χ2n) is 8.41. The lowest BCUT2D eigenvalue weighted by Crippen LogP contribution is -2.30. The van der Waals surface area contributed by atoms with E-state index in [9.17, 15) is 13.2 Å². The van der Waals surface area contributed by atoms with Crippen molar-refractivity contribution in [2.24, 2.45) is 0 Å². The summed E-state index contributed by atoms with van der Waals surface area (Å²) in [5.41, 5.74) is 3.99. The van der Waals surface area contributed by atoms with E-state index in [1.54, 1.807) is 29.2 Å². The molecule has 0 spiro atoms. The predicted molar refractivity (Wildman–Crippen MR) is 139 cm³/mol. The molecule has 4 aromatic rings. The number of hydrogen-bond acceptors (Lipinski definition) is 4. The number of anilines is 1. The van der Waals surface area contributed by atoms with Crippen LogP contribution in [-0.2, 0) is 28.7 Å². The van der Waals surface area contributed by atoms with Gasteiger partial charge in [0.25, 0.3) is 5.91 Å². The van der Waals surface area contributed by atoms with Crippen molar-refractivity contribution in [3.05, 3.63) is 131 Å². The van der Waals surface area contributed by atoms with Crippen LogP contribution in [0.15, 0.2) is 109 Å². The topological polar surface area (TPSA) is 63.7 Å². The second kappa shape index (κ2) is 11.0. The molecule has 0 saturated carbocycles. The average Bonchev–Trinajstić information content (AvgIpc) is 2.87. The molecule has 0 saturated heterocycles. The van der Waals surface area contributed by atoms with Crippen LogP contribution in [0.25, 0.3) is 0 Å². The summed E-state index contributed by atoms with van der Waals surface area (Å²) in [6.07, 6.45) is 1.20. The number of benzene rings is 4. The second-order valence-corrected chi connectivity index (χ2v) is 10.6. The van der Waals surface area contributed by atoms with Crippen molar-refractivity contribution in [1.29, 1.82) is 0 Å². The van der Waals surface area contributed by atoms with E-state index in [4.69, 9.17) is 4.74 Å². The highest BCUT2D eigenvalue weighted by atomic mass is 32.2. The maximum Gasteiger partial charge on any atom is 0.258 e. The molecule has 0 radical (unpaired) electrons. The van der Waals surface area contributed by atoms with E-state index in [2.05, 4.69) is 0 Å². The van der Waals surface area contributed by atoms with E-state index < -0.39 is 9.84 Å². The summed E-state index contributed by atoms with van der Waals surface area (Å²) in [7, 11) is -3.14. The molecule has 0 aliphatic carbocycles. The van der Waals surface area contributed by atoms with E-state index in [1.807, 2.05) is 84.9 Å². The van der Waals surface area contributed by atoms with Crippen LogP contribution >= 0.6 is 0 Å². The first-order chi connectivity index (χ1) is 16.9. The monoisotopic (exact) mass is 485 g/mol. The van der Waals surface area contributed by atoms with Crippen molar-refractivity contribution < 1.29 is 17.9 Å². The lowest BCUT2D eigenvalue weighted by molar-refractivity contribution is 0.0985. The molecule has 6 heteroatoms. The molecule has 178 valence electrons. The minimum absolute atomic E-state index is 0.0530. The lowest BCUT2D eigenvalue weighted by Gasteiger charge is -2.23. The molecule has 4 rings (SSSR count). The highest BCUT2D eigenvalue weighted by Crippen LogP contribution is 2.22. The normalized spacial score (nSPS) is 11.1. The minimum atomic E-state index is -3.14. The molecule has 0 unspecified atom stereocenters. The first-order valence-corrected chi connectivity index (χ1v) is 13.3. The van der Waals surface area contributed by atoms with Gasteiger partial charge in [-0.3, -0.25) is 4.79 Å². The smallest absolute Gasteiger partial charge is 0.258 e. The summed E-state index contributed by atoms with van der Waals surface area (Å²) in [5, 5.41) is 0. The third-order valence-electron chi connectivity index (χ3n) is 5.46. The Kier molecular flexibility index (Phi) is 7.63. The quantitative estimate of drug-likeness (QED) is 0.307. The van der Waals surface area contributed by atoms with E-state index in [0.717, 1.165) is 22.6 Å². The van der Waals surface area contributed by atoms with E-state index in [1.165, 1.54) is 6.26 Å². The zero-order valence-corrected chi connectivity index (χ0v) is 20.3. The Morgan fingerprint density at radius 2 is 1.29 bits per heavy atom. The van der Waals surface area contributed by atoms with Gasteiger partial charge in [0.15, 0.2) is 9.84 Å². The Morgan fingerprint density at radius 3 is 1.89 bits per heavy atom. The number of rotatable bonds is 9. The summed E-state index contributed by atoms with van der Waals surface area (Å²) >= 11 is 0. The third-order valence-corrected chi connectivity index (χ3v) is 6.31. The van der Waals surface area contributed by atoms with Crippen LogP contribution in [0.5, 0.6) is 5.75 Å². The number of para-hydroxylation sites is 1. The number of carbonyl (C=O) groups is 1. The van der Waals surface area contributed by atoms with Crippen molar-refractivity contribution >= 4 is 21.4 Å². The van der Waals surface area contributed by atoms with Crippen molar-refractivity contribution in [1.82, 2.24) is 0 Å². The number of amides is 1. The molecule has 0 heterocycles. The van der Waals surface area contributed by atoms with Crippen LogP contribution in [0.2, 0.25) is 0 Å². The highest BCUT2D eigenvalue weighted by Gasteiger charge is 2.18. The van der Waals surface area contributed by atoms with Gasteiger partial charge in [-0.2, -0.15) is 0 Å². The van der Waals surface area contributed by atoms with Gasteiger partial charge in [0.05, 0.1) is 12.3 Å². The van der Waals surface area contributed by atoms with E-state index >= 15 is 0 Å². The standard InChI is InChI=1S/C29H27NO4S/c1-35(32,33)22-25-12-16-26(17-13-25)29(31)30(27-10-6-3-7-11-27)20-23-14-18-28(19-15-23)34-21-24-8-4-2-5-9-24/h2-19H,20-22H2,1H3. The molecular formula is C29H27NO4S. The van der Waals surface area contributed by atoms with Crippen LogP contribution < -0.4 is 9.64 Å². The Morgan fingerprint density at radius 1 is 0.714 bits per heavy atom. The summed E-state index contributed by atoms with van der Waals surface area (Å²) in [6.45, 7) is 0.872. The SMILES string of the molecule is CS(=O)(=O)Cc1ccc(C(=O)N(Cc2ccc(OCc3ccccc3)cc2)c2ccccc2)cc1. The van der Waals surface area contributed by atoms with Crippen LogP contribution in [0, 0.1) is 0 Å². The van der Waals surface area contributed by atoms with Gasteiger partial charge in [0.2, 0.25) is 0 Å². The van der Waals surface area contributed by atoms with Crippen LogP contribution in [0.1, 0.15) is 27.0 Å². The Hall–Kier alpha value is -3.90. The van der Waals surface area contributed by atoms with Gasteiger partial charge >= 0.3 is 0 Å². The maximum absolute atomic E-state index is 13.5. The molecule has 0 aromatic heterocycles. The number of ether oxygens (including phenoxy) is 1.